The van der Waals surface area contributed by atoms with Crippen LogP contribution in [0.5, 0.6) is 0 Å². The number of carbonyl (C=O) groups excluding carboxylic acids is 2. The highest BCUT2D eigenvalue weighted by Gasteiger charge is 2.11. The summed E-state index contributed by atoms with van der Waals surface area (Å²) in [6.07, 6.45) is 66.2. The molecule has 0 unspecified atom stereocenters. The molecule has 0 aromatic rings. The van der Waals surface area contributed by atoms with Crippen LogP contribution in [0.1, 0.15) is 337 Å². The molecule has 0 rings (SSSR count). The SMILES string of the molecule is C=O.CCCCCCCCCCCCCCN(CC)CCCCCCCCCCCCCC.CCCCCCCCCN(CCCCCCCCC)CCN(CCCCCCCCC)CCCNCCNC=O. The van der Waals surface area contributed by atoms with Crippen molar-refractivity contribution in [2.24, 2.45) is 0 Å². The molecule has 0 radical (unpaired) electrons. The summed E-state index contributed by atoms with van der Waals surface area (Å²) in [5.41, 5.74) is 0. The molecule has 0 saturated heterocycles. The number of nitrogens with zero attached hydrogens (tertiary/aromatic N) is 3. The van der Waals surface area contributed by atoms with Crippen LogP contribution in [-0.2, 0) is 9.59 Å². The second-order valence-corrected chi connectivity index (χ2v) is 22.4. The zero-order valence-corrected chi connectivity index (χ0v) is 51.5. The number of amides is 1. The number of hydrogen-bond acceptors (Lipinski definition) is 6. The van der Waals surface area contributed by atoms with Gasteiger partial charge in [-0.1, -0.05) is 298 Å². The van der Waals surface area contributed by atoms with Gasteiger partial charge in [-0.25, -0.2) is 0 Å². The van der Waals surface area contributed by atoms with Crippen LogP contribution >= 0.6 is 0 Å². The molecular weight excluding hydrogens is 895 g/mol. The van der Waals surface area contributed by atoms with Gasteiger partial charge >= 0.3 is 0 Å². The van der Waals surface area contributed by atoms with Gasteiger partial charge in [0.2, 0.25) is 6.41 Å². The fourth-order valence-corrected chi connectivity index (χ4v) is 10.4. The first-order valence-corrected chi connectivity index (χ1v) is 33.5. The molecule has 7 heteroatoms. The molecule has 0 bridgehead atoms. The Morgan fingerprint density at radius 1 is 0.260 bits per heavy atom. The van der Waals surface area contributed by atoms with Gasteiger partial charge in [0.25, 0.3) is 0 Å². The molecule has 0 saturated carbocycles. The van der Waals surface area contributed by atoms with E-state index < -0.39 is 0 Å². The first kappa shape index (κ1) is 76.2. The lowest BCUT2D eigenvalue weighted by molar-refractivity contribution is -0.109. The Bertz CT molecular complexity index is 895. The van der Waals surface area contributed by atoms with Crippen LogP contribution in [0.25, 0.3) is 0 Å². The van der Waals surface area contributed by atoms with Crippen LogP contribution in [-0.4, -0.2) is 106 Å². The van der Waals surface area contributed by atoms with Crippen LogP contribution in [0.3, 0.4) is 0 Å². The van der Waals surface area contributed by atoms with Gasteiger partial charge in [-0.2, -0.15) is 0 Å². The van der Waals surface area contributed by atoms with E-state index in [1.165, 1.54) is 354 Å². The van der Waals surface area contributed by atoms with Crippen LogP contribution < -0.4 is 10.6 Å². The summed E-state index contributed by atoms with van der Waals surface area (Å²) in [7, 11) is 0. The predicted octanol–water partition coefficient (Wildman–Crippen LogP) is 19.1. The van der Waals surface area contributed by atoms with Crippen molar-refractivity contribution in [3.63, 3.8) is 0 Å². The summed E-state index contributed by atoms with van der Waals surface area (Å²) in [5.74, 6) is 0. The van der Waals surface area contributed by atoms with Crippen molar-refractivity contribution in [3.05, 3.63) is 0 Å². The minimum absolute atomic E-state index is 0.720. The van der Waals surface area contributed by atoms with E-state index in [1.54, 1.807) is 0 Å². The van der Waals surface area contributed by atoms with Crippen molar-refractivity contribution in [1.29, 1.82) is 0 Å². The average Bonchev–Trinajstić information content (AvgIpc) is 3.41. The molecule has 7 nitrogen and oxygen atoms in total. The van der Waals surface area contributed by atoms with E-state index in [4.69, 9.17) is 4.79 Å². The maximum absolute atomic E-state index is 10.4. The third kappa shape index (κ3) is 69.0. The van der Waals surface area contributed by atoms with E-state index in [0.717, 1.165) is 26.0 Å². The average molecular weight is 1030 g/mol. The minimum atomic E-state index is 0.720. The summed E-state index contributed by atoms with van der Waals surface area (Å²) in [6.45, 7) is 29.9. The Hall–Kier alpha value is -1.02. The largest absolute Gasteiger partial charge is 0.357 e. The lowest BCUT2D eigenvalue weighted by atomic mass is 10.0. The van der Waals surface area contributed by atoms with Crippen molar-refractivity contribution in [2.75, 3.05) is 78.5 Å². The topological polar surface area (TPSA) is 67.9 Å². The Morgan fingerprint density at radius 2 is 0.479 bits per heavy atom. The Morgan fingerprint density at radius 3 is 0.712 bits per heavy atom. The Labute approximate surface area is 461 Å². The smallest absolute Gasteiger partial charge is 0.207 e. The van der Waals surface area contributed by atoms with Gasteiger partial charge in [-0.15, -0.1) is 0 Å². The quantitative estimate of drug-likeness (QED) is 0.0467. The second kappa shape index (κ2) is 73.1. The summed E-state index contributed by atoms with van der Waals surface area (Å²) >= 11 is 0. The summed E-state index contributed by atoms with van der Waals surface area (Å²) in [6, 6.07) is 0. The molecule has 0 aromatic heterocycles. The third-order valence-corrected chi connectivity index (χ3v) is 15.4. The fourth-order valence-electron chi connectivity index (χ4n) is 10.4. The van der Waals surface area contributed by atoms with E-state index in [1.807, 2.05) is 6.79 Å². The third-order valence-electron chi connectivity index (χ3n) is 15.4. The normalized spacial score (nSPS) is 11.4. The van der Waals surface area contributed by atoms with Gasteiger partial charge in [0.1, 0.15) is 6.79 Å². The van der Waals surface area contributed by atoms with Gasteiger partial charge in [0.05, 0.1) is 0 Å². The molecule has 0 aliphatic heterocycles. The molecule has 0 fully saturated rings. The zero-order valence-electron chi connectivity index (χ0n) is 51.5. The van der Waals surface area contributed by atoms with Crippen molar-refractivity contribution < 1.29 is 9.59 Å². The number of hydrogen-bond donors (Lipinski definition) is 2. The van der Waals surface area contributed by atoms with Crippen LogP contribution in [0.2, 0.25) is 0 Å². The fraction of sp³-hybridized carbons (Fsp3) is 0.970. The maximum atomic E-state index is 10.4. The molecular formula is C66H139N5O2. The molecule has 0 heterocycles. The molecule has 440 valence electrons. The van der Waals surface area contributed by atoms with Gasteiger partial charge in [-0.05, 0) is 90.9 Å². The molecule has 0 spiro atoms. The summed E-state index contributed by atoms with van der Waals surface area (Å²) in [5, 5.41) is 6.22. The second-order valence-electron chi connectivity index (χ2n) is 22.4. The number of carbonyl (C=O) groups is 2. The standard InChI is InChI=1S/C35H74N4O.C30H63N.CH2O/c1-4-7-10-13-16-19-22-29-38(30-23-20-17-14-11-8-5-2)33-34-39(31-24-21-18-15-12-9-6-3)32-25-26-36-27-28-37-35-40;1-4-7-9-11-13-15-17-19-21-23-25-27-29-31(6-3)30-28-26-24-22-20-18-16-14-12-10-8-5-2;1-2/h35-36H,4-34H2,1-3H3,(H,37,40);4-30H2,1-3H3;1H2. The van der Waals surface area contributed by atoms with E-state index in [2.05, 4.69) is 66.9 Å². The van der Waals surface area contributed by atoms with Gasteiger partial charge in [-0.3, -0.25) is 4.79 Å². The summed E-state index contributed by atoms with van der Waals surface area (Å²) in [4.78, 5) is 26.7. The van der Waals surface area contributed by atoms with E-state index in [0.29, 0.717) is 0 Å². The minimum Gasteiger partial charge on any atom is -0.357 e. The van der Waals surface area contributed by atoms with Crippen molar-refractivity contribution >= 4 is 13.2 Å². The van der Waals surface area contributed by atoms with E-state index in [9.17, 15) is 4.79 Å². The van der Waals surface area contributed by atoms with Gasteiger partial charge in [0.15, 0.2) is 0 Å². The van der Waals surface area contributed by atoms with Crippen LogP contribution in [0.15, 0.2) is 0 Å². The molecule has 0 aliphatic rings. The van der Waals surface area contributed by atoms with Crippen LogP contribution in [0, 0.1) is 0 Å². The first-order chi connectivity index (χ1) is 36.1. The van der Waals surface area contributed by atoms with E-state index in [-0.39, 0.29) is 0 Å². The summed E-state index contributed by atoms with van der Waals surface area (Å²) < 4.78 is 0. The molecule has 0 atom stereocenters. The lowest BCUT2D eigenvalue weighted by Crippen LogP contribution is -2.38. The van der Waals surface area contributed by atoms with Crippen molar-refractivity contribution in [2.45, 2.75) is 337 Å². The zero-order chi connectivity index (χ0) is 53.9. The van der Waals surface area contributed by atoms with Gasteiger partial charge < -0.3 is 30.1 Å². The Kier molecular flexibility index (Phi) is 76.3. The molecule has 2 N–H and O–H groups in total. The van der Waals surface area contributed by atoms with Gasteiger partial charge in [0, 0.05) is 26.2 Å². The van der Waals surface area contributed by atoms with Crippen LogP contribution in [0.4, 0.5) is 0 Å². The molecule has 1 amide bonds. The molecule has 0 aromatic carbocycles. The highest BCUT2D eigenvalue weighted by Crippen LogP contribution is 2.16. The predicted molar refractivity (Wildman–Crippen MR) is 330 cm³/mol. The Balaban J connectivity index is -0.00000134. The molecule has 0 aliphatic carbocycles. The highest BCUT2D eigenvalue weighted by atomic mass is 16.1. The number of nitrogens with one attached hydrogen (secondary N) is 2. The number of rotatable bonds is 62. The monoisotopic (exact) mass is 1030 g/mol. The first-order valence-electron chi connectivity index (χ1n) is 33.5. The highest BCUT2D eigenvalue weighted by molar-refractivity contribution is 5.45. The molecule has 73 heavy (non-hydrogen) atoms. The van der Waals surface area contributed by atoms with E-state index >= 15 is 0 Å². The maximum Gasteiger partial charge on any atom is 0.207 e. The van der Waals surface area contributed by atoms with Crippen molar-refractivity contribution in [3.8, 4) is 0 Å². The lowest BCUT2D eigenvalue weighted by Gasteiger charge is -2.28. The number of unbranched alkanes of at least 4 members (excludes halogenated alkanes) is 40. The van der Waals surface area contributed by atoms with Crippen molar-refractivity contribution in [1.82, 2.24) is 25.3 Å².